The molecule has 1 heterocycles. The molecule has 0 spiro atoms. The van der Waals surface area contributed by atoms with Crippen LogP contribution in [0.15, 0.2) is 10.6 Å². The Kier molecular flexibility index (Phi) is 3.91. The number of nitrogens with zero attached hydrogens (tertiary/aromatic N) is 1. The van der Waals surface area contributed by atoms with Crippen LogP contribution in [0, 0.1) is 0 Å². The molecule has 15 heavy (non-hydrogen) atoms. The van der Waals surface area contributed by atoms with Crippen molar-refractivity contribution in [1.29, 1.82) is 0 Å². The van der Waals surface area contributed by atoms with Gasteiger partial charge in [-0.25, -0.2) is 4.98 Å². The number of hydrogen-bond donors (Lipinski definition) is 1. The van der Waals surface area contributed by atoms with Gasteiger partial charge in [-0.3, -0.25) is 0 Å². The molecule has 1 atom stereocenters. The molecule has 3 heteroatoms. The molecule has 0 saturated heterocycles. The van der Waals surface area contributed by atoms with E-state index in [9.17, 15) is 0 Å². The molecule has 0 fully saturated rings. The second-order valence-corrected chi connectivity index (χ2v) is 4.99. The predicted molar refractivity (Wildman–Crippen MR) is 61.9 cm³/mol. The van der Waals surface area contributed by atoms with Crippen LogP contribution < -0.4 is 5.32 Å². The molecule has 0 aliphatic heterocycles. The second kappa shape index (κ2) is 4.79. The maximum absolute atomic E-state index is 5.73. The summed E-state index contributed by atoms with van der Waals surface area (Å²) >= 11 is 0. The van der Waals surface area contributed by atoms with Crippen LogP contribution in [0.1, 0.15) is 58.7 Å². The Morgan fingerprint density at radius 3 is 2.60 bits per heavy atom. The van der Waals surface area contributed by atoms with E-state index in [1.807, 2.05) is 6.20 Å². The van der Waals surface area contributed by atoms with E-state index in [1.54, 1.807) is 0 Å². The highest BCUT2D eigenvalue weighted by atomic mass is 16.4. The lowest BCUT2D eigenvalue weighted by molar-refractivity contribution is 0.351. The summed E-state index contributed by atoms with van der Waals surface area (Å²) in [5, 5.41) is 3.36. The Labute approximate surface area is 92.3 Å². The first-order valence-electron chi connectivity index (χ1n) is 5.64. The van der Waals surface area contributed by atoms with Crippen molar-refractivity contribution in [2.75, 3.05) is 6.54 Å². The maximum atomic E-state index is 5.73. The summed E-state index contributed by atoms with van der Waals surface area (Å²) in [7, 11) is 0. The topological polar surface area (TPSA) is 38.1 Å². The summed E-state index contributed by atoms with van der Waals surface area (Å²) in [4.78, 5) is 4.31. The van der Waals surface area contributed by atoms with Crippen LogP contribution in [0.3, 0.4) is 0 Å². The average molecular weight is 210 g/mol. The average Bonchev–Trinajstić information content (AvgIpc) is 2.62. The molecule has 0 saturated carbocycles. The van der Waals surface area contributed by atoms with Crippen molar-refractivity contribution in [3.8, 4) is 0 Å². The van der Waals surface area contributed by atoms with E-state index in [-0.39, 0.29) is 11.5 Å². The van der Waals surface area contributed by atoms with Crippen molar-refractivity contribution in [3.05, 3.63) is 17.8 Å². The van der Waals surface area contributed by atoms with E-state index in [4.69, 9.17) is 4.42 Å². The van der Waals surface area contributed by atoms with Crippen molar-refractivity contribution in [2.45, 2.75) is 52.5 Å². The summed E-state index contributed by atoms with van der Waals surface area (Å²) in [6.45, 7) is 11.6. The SMILES string of the molecule is CCCNC(C)c1ncc(C(C)(C)C)o1. The van der Waals surface area contributed by atoms with Crippen LogP contribution in [0.5, 0.6) is 0 Å². The van der Waals surface area contributed by atoms with Crippen molar-refractivity contribution in [2.24, 2.45) is 0 Å². The molecule has 1 unspecified atom stereocenters. The Morgan fingerprint density at radius 2 is 2.13 bits per heavy atom. The van der Waals surface area contributed by atoms with Crippen LogP contribution in [-0.4, -0.2) is 11.5 Å². The molecule has 0 aliphatic carbocycles. The van der Waals surface area contributed by atoms with Crippen LogP contribution >= 0.6 is 0 Å². The van der Waals surface area contributed by atoms with Gasteiger partial charge < -0.3 is 9.73 Å². The maximum Gasteiger partial charge on any atom is 0.211 e. The molecular weight excluding hydrogens is 188 g/mol. The van der Waals surface area contributed by atoms with E-state index in [0.717, 1.165) is 24.6 Å². The summed E-state index contributed by atoms with van der Waals surface area (Å²) in [6, 6.07) is 0.195. The van der Waals surface area contributed by atoms with Gasteiger partial charge in [0, 0.05) is 5.41 Å². The zero-order valence-electron chi connectivity index (χ0n) is 10.4. The fraction of sp³-hybridized carbons (Fsp3) is 0.750. The van der Waals surface area contributed by atoms with Crippen LogP contribution in [0.25, 0.3) is 0 Å². The number of hydrogen-bond acceptors (Lipinski definition) is 3. The molecule has 0 amide bonds. The monoisotopic (exact) mass is 210 g/mol. The molecule has 0 radical (unpaired) electrons. The minimum atomic E-state index is 0.0374. The molecule has 0 bridgehead atoms. The van der Waals surface area contributed by atoms with Crippen molar-refractivity contribution in [1.82, 2.24) is 10.3 Å². The standard InChI is InChI=1S/C12H22N2O/c1-6-7-13-9(2)11-14-8-10(15-11)12(3,4)5/h8-9,13H,6-7H2,1-5H3. The summed E-state index contributed by atoms with van der Waals surface area (Å²) < 4.78 is 5.73. The molecule has 1 N–H and O–H groups in total. The highest BCUT2D eigenvalue weighted by Crippen LogP contribution is 2.24. The van der Waals surface area contributed by atoms with Crippen molar-refractivity contribution in [3.63, 3.8) is 0 Å². The molecule has 1 aromatic rings. The number of oxazole rings is 1. The third-order valence-electron chi connectivity index (χ3n) is 2.33. The van der Waals surface area contributed by atoms with Gasteiger partial charge in [0.2, 0.25) is 5.89 Å². The van der Waals surface area contributed by atoms with Crippen LogP contribution in [0.2, 0.25) is 0 Å². The van der Waals surface area contributed by atoms with Gasteiger partial charge in [0.05, 0.1) is 12.2 Å². The Hall–Kier alpha value is -0.830. The minimum absolute atomic E-state index is 0.0374. The largest absolute Gasteiger partial charge is 0.443 e. The Balaban J connectivity index is 2.67. The highest BCUT2D eigenvalue weighted by Gasteiger charge is 2.20. The first-order chi connectivity index (χ1) is 6.95. The number of aromatic nitrogens is 1. The quantitative estimate of drug-likeness (QED) is 0.830. The van der Waals surface area contributed by atoms with Crippen molar-refractivity contribution >= 4 is 0 Å². The molecule has 3 nitrogen and oxygen atoms in total. The Bertz CT molecular complexity index is 299. The third kappa shape index (κ3) is 3.34. The molecule has 86 valence electrons. The van der Waals surface area contributed by atoms with E-state index >= 15 is 0 Å². The molecule has 0 aromatic carbocycles. The zero-order valence-corrected chi connectivity index (χ0v) is 10.4. The molecule has 0 aliphatic rings. The number of nitrogens with one attached hydrogen (secondary N) is 1. The summed E-state index contributed by atoms with van der Waals surface area (Å²) in [6.07, 6.45) is 2.95. The molecule has 1 aromatic heterocycles. The van der Waals surface area contributed by atoms with E-state index in [2.05, 4.69) is 44.9 Å². The lowest BCUT2D eigenvalue weighted by atomic mass is 9.94. The van der Waals surface area contributed by atoms with Gasteiger partial charge in [-0.05, 0) is 19.9 Å². The first kappa shape index (κ1) is 12.2. The zero-order chi connectivity index (χ0) is 11.5. The van der Waals surface area contributed by atoms with Gasteiger partial charge in [0.25, 0.3) is 0 Å². The first-order valence-corrected chi connectivity index (χ1v) is 5.64. The molecular formula is C12H22N2O. The van der Waals surface area contributed by atoms with Gasteiger partial charge in [-0.1, -0.05) is 27.7 Å². The van der Waals surface area contributed by atoms with Gasteiger partial charge in [0.15, 0.2) is 0 Å². The summed E-state index contributed by atoms with van der Waals surface area (Å²) in [5.41, 5.74) is 0.0374. The normalized spacial score (nSPS) is 14.2. The van der Waals surface area contributed by atoms with Gasteiger partial charge >= 0.3 is 0 Å². The third-order valence-corrected chi connectivity index (χ3v) is 2.33. The Morgan fingerprint density at radius 1 is 1.47 bits per heavy atom. The predicted octanol–water partition coefficient (Wildman–Crippen LogP) is 3.03. The van der Waals surface area contributed by atoms with E-state index < -0.39 is 0 Å². The van der Waals surface area contributed by atoms with Gasteiger partial charge in [-0.2, -0.15) is 0 Å². The van der Waals surface area contributed by atoms with E-state index in [1.165, 1.54) is 0 Å². The summed E-state index contributed by atoms with van der Waals surface area (Å²) in [5.74, 6) is 1.73. The highest BCUT2D eigenvalue weighted by molar-refractivity contribution is 5.07. The van der Waals surface area contributed by atoms with Gasteiger partial charge in [-0.15, -0.1) is 0 Å². The smallest absolute Gasteiger partial charge is 0.211 e. The number of rotatable bonds is 4. The lowest BCUT2D eigenvalue weighted by Gasteiger charge is -2.14. The van der Waals surface area contributed by atoms with E-state index in [0.29, 0.717) is 0 Å². The fourth-order valence-electron chi connectivity index (χ4n) is 1.28. The molecule has 1 rings (SSSR count). The van der Waals surface area contributed by atoms with Crippen LogP contribution in [-0.2, 0) is 5.41 Å². The minimum Gasteiger partial charge on any atom is -0.443 e. The lowest BCUT2D eigenvalue weighted by Crippen LogP contribution is -2.19. The second-order valence-electron chi connectivity index (χ2n) is 4.99. The van der Waals surface area contributed by atoms with Crippen LogP contribution in [0.4, 0.5) is 0 Å². The fourth-order valence-corrected chi connectivity index (χ4v) is 1.28. The van der Waals surface area contributed by atoms with Gasteiger partial charge in [0.1, 0.15) is 5.76 Å². The van der Waals surface area contributed by atoms with Crippen molar-refractivity contribution < 1.29 is 4.42 Å².